The lowest BCUT2D eigenvalue weighted by Gasteiger charge is -2.11. The molecule has 2 N–H and O–H groups in total. The summed E-state index contributed by atoms with van der Waals surface area (Å²) in [6.45, 7) is 5.82. The number of rotatable bonds is 6. The Morgan fingerprint density at radius 3 is 2.67 bits per heavy atom. The summed E-state index contributed by atoms with van der Waals surface area (Å²) in [4.78, 5) is 23.4. The molecule has 9 heteroatoms. The maximum absolute atomic E-state index is 11.8. The molecule has 0 unspecified atom stereocenters. The Morgan fingerprint density at radius 1 is 1.29 bits per heavy atom. The summed E-state index contributed by atoms with van der Waals surface area (Å²) in [5, 5.41) is 16.9. The second-order valence-corrected chi connectivity index (χ2v) is 6.27. The predicted octanol–water partition coefficient (Wildman–Crippen LogP) is 1.69. The molecule has 1 aromatic heterocycles. The number of nitrogens with zero attached hydrogens (tertiary/aromatic N) is 4. The molecule has 2 aromatic rings. The molecule has 0 aliphatic heterocycles. The van der Waals surface area contributed by atoms with E-state index in [0.29, 0.717) is 5.16 Å². The number of amides is 3. The van der Waals surface area contributed by atoms with Crippen molar-refractivity contribution in [2.45, 2.75) is 38.4 Å². The fourth-order valence-corrected chi connectivity index (χ4v) is 2.46. The van der Waals surface area contributed by atoms with Crippen LogP contribution in [-0.4, -0.2) is 43.9 Å². The minimum absolute atomic E-state index is 0.0132. The van der Waals surface area contributed by atoms with E-state index in [1.54, 1.807) is 4.68 Å². The normalized spacial score (nSPS) is 11.8. The second-order valence-electron chi connectivity index (χ2n) is 5.33. The lowest BCUT2D eigenvalue weighted by atomic mass is 10.2. The van der Waals surface area contributed by atoms with E-state index in [2.05, 4.69) is 26.2 Å². The highest BCUT2D eigenvalue weighted by atomic mass is 32.2. The highest BCUT2D eigenvalue weighted by Crippen LogP contribution is 2.18. The van der Waals surface area contributed by atoms with E-state index in [1.165, 1.54) is 0 Å². The monoisotopic (exact) mass is 348 g/mol. The van der Waals surface area contributed by atoms with E-state index >= 15 is 0 Å². The van der Waals surface area contributed by atoms with E-state index in [4.69, 9.17) is 0 Å². The van der Waals surface area contributed by atoms with Gasteiger partial charge < -0.3 is 5.32 Å². The SMILES string of the molecule is CC[C@@H](C)NC(=O)NC(=O)CSc1nnnn1-c1ccc(C)cc1. The summed E-state index contributed by atoms with van der Waals surface area (Å²) >= 11 is 1.16. The molecule has 0 aliphatic rings. The van der Waals surface area contributed by atoms with Crippen LogP contribution in [-0.2, 0) is 4.79 Å². The van der Waals surface area contributed by atoms with Crippen molar-refractivity contribution in [2.75, 3.05) is 5.75 Å². The van der Waals surface area contributed by atoms with Crippen molar-refractivity contribution in [1.82, 2.24) is 30.8 Å². The first-order valence-corrected chi connectivity index (χ1v) is 8.56. The summed E-state index contributed by atoms with van der Waals surface area (Å²) in [5.74, 6) is -0.362. The van der Waals surface area contributed by atoms with Crippen LogP contribution in [0.5, 0.6) is 0 Å². The summed E-state index contributed by atoms with van der Waals surface area (Å²) in [7, 11) is 0. The van der Waals surface area contributed by atoms with E-state index in [-0.39, 0.29) is 11.8 Å². The number of tetrazole rings is 1. The maximum atomic E-state index is 11.8. The number of imide groups is 1. The minimum Gasteiger partial charge on any atom is -0.335 e. The first-order valence-electron chi connectivity index (χ1n) is 7.58. The van der Waals surface area contributed by atoms with Crippen LogP contribution in [0.15, 0.2) is 29.4 Å². The van der Waals surface area contributed by atoms with Crippen LogP contribution in [0, 0.1) is 6.92 Å². The largest absolute Gasteiger partial charge is 0.335 e. The molecule has 1 aromatic carbocycles. The standard InChI is InChI=1S/C15H20N6O2S/c1-4-11(3)16-14(23)17-13(22)9-24-15-18-19-20-21(15)12-7-5-10(2)6-8-12/h5-8,11H,4,9H2,1-3H3,(H2,16,17,22,23)/t11-/m1/s1. The first-order chi connectivity index (χ1) is 11.5. The minimum atomic E-state index is -0.493. The molecule has 128 valence electrons. The van der Waals surface area contributed by atoms with Gasteiger partial charge in [-0.2, -0.15) is 4.68 Å². The lowest BCUT2D eigenvalue weighted by molar-refractivity contribution is -0.117. The molecule has 1 heterocycles. The summed E-state index contributed by atoms with van der Waals surface area (Å²) in [5.41, 5.74) is 1.94. The molecule has 0 radical (unpaired) electrons. The molecule has 1 atom stereocenters. The molecule has 3 amide bonds. The molecular formula is C15H20N6O2S. The smallest absolute Gasteiger partial charge is 0.321 e. The first kappa shape index (κ1) is 17.9. The van der Waals surface area contributed by atoms with Crippen molar-refractivity contribution in [1.29, 1.82) is 0 Å². The van der Waals surface area contributed by atoms with Gasteiger partial charge in [0.1, 0.15) is 0 Å². The molecule has 0 spiro atoms. The van der Waals surface area contributed by atoms with Gasteiger partial charge >= 0.3 is 6.03 Å². The van der Waals surface area contributed by atoms with Gasteiger partial charge in [0.05, 0.1) is 11.4 Å². The predicted molar refractivity (Wildman–Crippen MR) is 91.0 cm³/mol. The van der Waals surface area contributed by atoms with Gasteiger partial charge in [-0.3, -0.25) is 10.1 Å². The van der Waals surface area contributed by atoms with Gasteiger partial charge in [-0.1, -0.05) is 36.4 Å². The van der Waals surface area contributed by atoms with Crippen LogP contribution in [0.25, 0.3) is 5.69 Å². The highest BCUT2D eigenvalue weighted by Gasteiger charge is 2.14. The number of thioether (sulfide) groups is 1. The summed E-state index contributed by atoms with van der Waals surface area (Å²) in [6.07, 6.45) is 0.793. The van der Waals surface area contributed by atoms with E-state index in [1.807, 2.05) is 45.0 Å². The Balaban J connectivity index is 1.91. The zero-order valence-electron chi connectivity index (χ0n) is 13.8. The Kier molecular flexibility index (Phi) is 6.30. The van der Waals surface area contributed by atoms with Gasteiger partial charge in [0, 0.05) is 6.04 Å². The third-order valence-electron chi connectivity index (χ3n) is 3.29. The van der Waals surface area contributed by atoms with Crippen LogP contribution in [0.4, 0.5) is 4.79 Å². The van der Waals surface area contributed by atoms with Crippen LogP contribution in [0.1, 0.15) is 25.8 Å². The molecule has 0 fully saturated rings. The summed E-state index contributed by atoms with van der Waals surface area (Å²) < 4.78 is 1.55. The number of aromatic nitrogens is 4. The quantitative estimate of drug-likeness (QED) is 0.770. The van der Waals surface area contributed by atoms with Gasteiger partial charge in [-0.05, 0) is 42.8 Å². The van der Waals surface area contributed by atoms with Crippen LogP contribution >= 0.6 is 11.8 Å². The number of urea groups is 1. The number of nitrogens with one attached hydrogen (secondary N) is 2. The van der Waals surface area contributed by atoms with Gasteiger partial charge in [-0.25, -0.2) is 4.79 Å². The van der Waals surface area contributed by atoms with E-state index in [0.717, 1.165) is 29.4 Å². The van der Waals surface area contributed by atoms with Gasteiger partial charge in [0.2, 0.25) is 11.1 Å². The number of aryl methyl sites for hydroxylation is 1. The summed E-state index contributed by atoms with van der Waals surface area (Å²) in [6, 6.07) is 7.23. The third kappa shape index (κ3) is 5.05. The van der Waals surface area contributed by atoms with Crippen molar-refractivity contribution in [2.24, 2.45) is 0 Å². The molecule has 0 aliphatic carbocycles. The van der Waals surface area contributed by atoms with Gasteiger partial charge in [0.25, 0.3) is 0 Å². The Hall–Kier alpha value is -2.42. The van der Waals surface area contributed by atoms with Crippen LogP contribution < -0.4 is 10.6 Å². The topological polar surface area (TPSA) is 102 Å². The van der Waals surface area contributed by atoms with Crippen molar-refractivity contribution in [3.8, 4) is 5.69 Å². The fourth-order valence-electron chi connectivity index (χ4n) is 1.77. The lowest BCUT2D eigenvalue weighted by Crippen LogP contribution is -2.43. The molecule has 2 rings (SSSR count). The molecule has 0 saturated heterocycles. The average Bonchev–Trinajstić information content (AvgIpc) is 3.02. The zero-order valence-corrected chi connectivity index (χ0v) is 14.6. The zero-order chi connectivity index (χ0) is 17.5. The maximum Gasteiger partial charge on any atom is 0.321 e. The molecule has 24 heavy (non-hydrogen) atoms. The average molecular weight is 348 g/mol. The molecule has 8 nitrogen and oxygen atoms in total. The van der Waals surface area contributed by atoms with Crippen LogP contribution in [0.3, 0.4) is 0 Å². The second kappa shape index (κ2) is 8.44. The number of hydrogen-bond donors (Lipinski definition) is 2. The van der Waals surface area contributed by atoms with Crippen molar-refractivity contribution in [3.63, 3.8) is 0 Å². The van der Waals surface area contributed by atoms with Crippen LogP contribution in [0.2, 0.25) is 0 Å². The van der Waals surface area contributed by atoms with Crippen molar-refractivity contribution < 1.29 is 9.59 Å². The Morgan fingerprint density at radius 2 is 2.00 bits per heavy atom. The number of carbonyl (C=O) groups is 2. The van der Waals surface area contributed by atoms with Crippen molar-refractivity contribution >= 4 is 23.7 Å². The fraction of sp³-hybridized carbons (Fsp3) is 0.400. The number of hydrogen-bond acceptors (Lipinski definition) is 6. The molecule has 0 saturated carbocycles. The number of benzene rings is 1. The van der Waals surface area contributed by atoms with Gasteiger partial charge in [0.15, 0.2) is 0 Å². The Bertz CT molecular complexity index is 700. The Labute approximate surface area is 144 Å². The van der Waals surface area contributed by atoms with E-state index in [9.17, 15) is 9.59 Å². The van der Waals surface area contributed by atoms with Crippen molar-refractivity contribution in [3.05, 3.63) is 29.8 Å². The third-order valence-corrected chi connectivity index (χ3v) is 4.21. The van der Waals surface area contributed by atoms with E-state index < -0.39 is 11.9 Å². The molecular weight excluding hydrogens is 328 g/mol. The highest BCUT2D eigenvalue weighted by molar-refractivity contribution is 7.99. The molecule has 0 bridgehead atoms. The van der Waals surface area contributed by atoms with Gasteiger partial charge in [-0.15, -0.1) is 5.10 Å². The number of carbonyl (C=O) groups excluding carboxylic acids is 2.